The maximum Gasteiger partial charge on any atom is 0.243 e. The molecule has 1 amide bonds. The Bertz CT molecular complexity index is 635. The van der Waals surface area contributed by atoms with E-state index < -0.39 is 10.0 Å². The van der Waals surface area contributed by atoms with Crippen LogP contribution in [0, 0.1) is 0 Å². The van der Waals surface area contributed by atoms with Crippen molar-refractivity contribution < 1.29 is 13.2 Å². The lowest BCUT2D eigenvalue weighted by Crippen LogP contribution is -2.50. The third-order valence-electron chi connectivity index (χ3n) is 3.77. The molecule has 1 aliphatic rings. The fourth-order valence-corrected chi connectivity index (χ4v) is 4.24. The fourth-order valence-electron chi connectivity index (χ4n) is 2.49. The van der Waals surface area contributed by atoms with Crippen molar-refractivity contribution in [2.45, 2.75) is 25.2 Å². The van der Waals surface area contributed by atoms with Crippen LogP contribution < -0.4 is 5.73 Å². The standard InChI is InChI=1S/C14H21N3O3S/c1-3-12-4-5-13(15)10-14(12)21(19,20)17-8-6-16(7-9-17)11(2)18/h4-5,10H,3,6-9,15H2,1-2H3. The van der Waals surface area contributed by atoms with Gasteiger partial charge in [0.05, 0.1) is 4.90 Å². The minimum Gasteiger partial charge on any atom is -0.399 e. The first-order valence-corrected chi connectivity index (χ1v) is 8.44. The van der Waals surface area contributed by atoms with Crippen LogP contribution in [0.4, 0.5) is 5.69 Å². The van der Waals surface area contributed by atoms with Crippen LogP contribution in [0.1, 0.15) is 19.4 Å². The maximum absolute atomic E-state index is 12.8. The number of piperazine rings is 1. The summed E-state index contributed by atoms with van der Waals surface area (Å²) in [6.45, 7) is 4.91. The molecule has 0 bridgehead atoms. The normalized spacial score (nSPS) is 17.0. The second-order valence-electron chi connectivity index (χ2n) is 5.13. The van der Waals surface area contributed by atoms with E-state index in [0.717, 1.165) is 5.56 Å². The van der Waals surface area contributed by atoms with E-state index in [1.54, 1.807) is 17.0 Å². The van der Waals surface area contributed by atoms with Crippen molar-refractivity contribution in [3.8, 4) is 0 Å². The van der Waals surface area contributed by atoms with Gasteiger partial charge in [0.25, 0.3) is 0 Å². The third kappa shape index (κ3) is 3.19. The molecule has 7 heteroatoms. The highest BCUT2D eigenvalue weighted by atomic mass is 32.2. The molecule has 1 saturated heterocycles. The van der Waals surface area contributed by atoms with Crippen LogP contribution in [-0.4, -0.2) is 49.7 Å². The number of nitrogens with zero attached hydrogens (tertiary/aromatic N) is 2. The minimum atomic E-state index is -3.56. The van der Waals surface area contributed by atoms with Gasteiger partial charge in [-0.1, -0.05) is 13.0 Å². The molecule has 1 heterocycles. The number of nitrogens with two attached hydrogens (primary N) is 1. The molecule has 0 unspecified atom stereocenters. The molecule has 6 nitrogen and oxygen atoms in total. The number of carbonyl (C=O) groups excluding carboxylic acids is 1. The highest BCUT2D eigenvalue weighted by Gasteiger charge is 2.30. The van der Waals surface area contributed by atoms with Gasteiger partial charge in [0.1, 0.15) is 0 Å². The van der Waals surface area contributed by atoms with E-state index in [1.165, 1.54) is 17.3 Å². The molecule has 116 valence electrons. The number of benzene rings is 1. The SMILES string of the molecule is CCc1ccc(N)cc1S(=O)(=O)N1CCN(C(C)=O)CC1. The average molecular weight is 311 g/mol. The molecule has 1 aromatic rings. The molecule has 1 aromatic carbocycles. The zero-order valence-corrected chi connectivity index (χ0v) is 13.2. The molecule has 1 aliphatic heterocycles. The summed E-state index contributed by atoms with van der Waals surface area (Å²) in [6.07, 6.45) is 0.627. The molecular formula is C14H21N3O3S. The number of hydrogen-bond donors (Lipinski definition) is 1. The van der Waals surface area contributed by atoms with Crippen molar-refractivity contribution >= 4 is 21.6 Å². The highest BCUT2D eigenvalue weighted by molar-refractivity contribution is 7.89. The molecule has 0 spiro atoms. The van der Waals surface area contributed by atoms with E-state index >= 15 is 0 Å². The van der Waals surface area contributed by atoms with Crippen LogP contribution in [0.3, 0.4) is 0 Å². The molecule has 1 fully saturated rings. The summed E-state index contributed by atoms with van der Waals surface area (Å²) in [6, 6.07) is 4.99. The third-order valence-corrected chi connectivity index (χ3v) is 5.75. The Labute approximate surface area is 125 Å². The lowest BCUT2D eigenvalue weighted by atomic mass is 10.1. The number of anilines is 1. The summed E-state index contributed by atoms with van der Waals surface area (Å²) >= 11 is 0. The first-order valence-electron chi connectivity index (χ1n) is 7.00. The summed E-state index contributed by atoms with van der Waals surface area (Å²) in [7, 11) is -3.56. The number of carbonyl (C=O) groups is 1. The number of nitrogen functional groups attached to an aromatic ring is 1. The smallest absolute Gasteiger partial charge is 0.243 e. The van der Waals surface area contributed by atoms with Crippen molar-refractivity contribution in [2.75, 3.05) is 31.9 Å². The number of amides is 1. The van der Waals surface area contributed by atoms with Gasteiger partial charge in [-0.15, -0.1) is 0 Å². The van der Waals surface area contributed by atoms with Crippen LogP contribution in [0.5, 0.6) is 0 Å². The predicted molar refractivity (Wildman–Crippen MR) is 81.2 cm³/mol. The van der Waals surface area contributed by atoms with Crippen molar-refractivity contribution in [1.29, 1.82) is 0 Å². The highest BCUT2D eigenvalue weighted by Crippen LogP contribution is 2.24. The number of rotatable bonds is 3. The molecule has 0 saturated carbocycles. The zero-order chi connectivity index (χ0) is 15.6. The van der Waals surface area contributed by atoms with E-state index in [2.05, 4.69) is 0 Å². The van der Waals surface area contributed by atoms with Crippen molar-refractivity contribution in [3.05, 3.63) is 23.8 Å². The molecule has 0 radical (unpaired) electrons. The average Bonchev–Trinajstić information content (AvgIpc) is 2.47. The van der Waals surface area contributed by atoms with E-state index in [4.69, 9.17) is 5.73 Å². The lowest BCUT2D eigenvalue weighted by Gasteiger charge is -2.33. The summed E-state index contributed by atoms with van der Waals surface area (Å²) in [5, 5.41) is 0. The van der Waals surface area contributed by atoms with Gasteiger partial charge in [-0.2, -0.15) is 4.31 Å². The van der Waals surface area contributed by atoms with Gasteiger partial charge in [-0.25, -0.2) is 8.42 Å². The molecule has 21 heavy (non-hydrogen) atoms. The first kappa shape index (κ1) is 15.8. The Kier molecular flexibility index (Phi) is 4.53. The van der Waals surface area contributed by atoms with E-state index in [0.29, 0.717) is 38.3 Å². The monoisotopic (exact) mass is 311 g/mol. The Morgan fingerprint density at radius 3 is 2.38 bits per heavy atom. The molecule has 2 N–H and O–H groups in total. The van der Waals surface area contributed by atoms with Gasteiger partial charge >= 0.3 is 0 Å². The summed E-state index contributed by atoms with van der Waals surface area (Å²) < 4.78 is 27.0. The molecule has 0 aromatic heterocycles. The van der Waals surface area contributed by atoms with Gasteiger partial charge in [-0.05, 0) is 24.1 Å². The largest absolute Gasteiger partial charge is 0.399 e. The molecule has 0 aliphatic carbocycles. The number of sulfonamides is 1. The van der Waals surface area contributed by atoms with Crippen LogP contribution in [-0.2, 0) is 21.2 Å². The number of aryl methyl sites for hydroxylation is 1. The Balaban J connectivity index is 2.27. The zero-order valence-electron chi connectivity index (χ0n) is 12.4. The number of hydrogen-bond acceptors (Lipinski definition) is 4. The first-order chi connectivity index (χ1) is 9.86. The Morgan fingerprint density at radius 1 is 1.24 bits per heavy atom. The van der Waals surface area contributed by atoms with Crippen LogP contribution in [0.15, 0.2) is 23.1 Å². The van der Waals surface area contributed by atoms with Gasteiger partial charge in [0.15, 0.2) is 0 Å². The van der Waals surface area contributed by atoms with Crippen molar-refractivity contribution in [1.82, 2.24) is 9.21 Å². The van der Waals surface area contributed by atoms with Crippen LogP contribution in [0.25, 0.3) is 0 Å². The van der Waals surface area contributed by atoms with Crippen molar-refractivity contribution in [3.63, 3.8) is 0 Å². The molecule has 2 rings (SSSR count). The van der Waals surface area contributed by atoms with Gasteiger partial charge in [-0.3, -0.25) is 4.79 Å². The van der Waals surface area contributed by atoms with Gasteiger partial charge < -0.3 is 10.6 Å². The fraction of sp³-hybridized carbons (Fsp3) is 0.500. The Hall–Kier alpha value is -1.60. The van der Waals surface area contributed by atoms with Crippen LogP contribution >= 0.6 is 0 Å². The van der Waals surface area contributed by atoms with E-state index in [-0.39, 0.29) is 10.8 Å². The van der Waals surface area contributed by atoms with E-state index in [1.807, 2.05) is 6.92 Å². The second kappa shape index (κ2) is 6.03. The summed E-state index contributed by atoms with van der Waals surface area (Å²) in [5.74, 6) is -0.0229. The topological polar surface area (TPSA) is 83.7 Å². The predicted octanol–water partition coefficient (Wildman–Crippen LogP) is 0.684. The van der Waals surface area contributed by atoms with Crippen molar-refractivity contribution in [2.24, 2.45) is 0 Å². The Morgan fingerprint density at radius 2 is 1.86 bits per heavy atom. The summed E-state index contributed by atoms with van der Waals surface area (Å²) in [5.41, 5.74) is 6.93. The van der Waals surface area contributed by atoms with E-state index in [9.17, 15) is 13.2 Å². The van der Waals surface area contributed by atoms with Gasteiger partial charge in [0, 0.05) is 38.8 Å². The molecular weight excluding hydrogens is 290 g/mol. The lowest BCUT2D eigenvalue weighted by molar-refractivity contribution is -0.129. The maximum atomic E-state index is 12.8. The summed E-state index contributed by atoms with van der Waals surface area (Å²) in [4.78, 5) is 13.2. The quantitative estimate of drug-likeness (QED) is 0.832. The minimum absolute atomic E-state index is 0.0229. The second-order valence-corrected chi connectivity index (χ2v) is 7.04. The van der Waals surface area contributed by atoms with Gasteiger partial charge in [0.2, 0.25) is 15.9 Å². The molecule has 0 atom stereocenters. The van der Waals surface area contributed by atoms with Crippen LogP contribution in [0.2, 0.25) is 0 Å².